The minimum Gasteiger partial charge on any atom is -0.450 e. The summed E-state index contributed by atoms with van der Waals surface area (Å²) in [6.07, 6.45) is -1.21. The second kappa shape index (κ2) is 2.65. The van der Waals surface area contributed by atoms with Crippen LogP contribution >= 0.6 is 0 Å². The van der Waals surface area contributed by atoms with E-state index in [1.165, 1.54) is 0 Å². The molecule has 0 radical (unpaired) electrons. The Balaban J connectivity index is 3.71. The highest BCUT2D eigenvalue weighted by molar-refractivity contribution is 5.57. The fourth-order valence-electron chi connectivity index (χ4n) is 0.235. The molecule has 0 aromatic rings. The minimum atomic E-state index is -1.54. The van der Waals surface area contributed by atoms with E-state index in [1.54, 1.807) is 6.92 Å². The predicted molar refractivity (Wildman–Crippen MR) is 30.5 cm³/mol. The number of rotatable bonds is 2. The quantitative estimate of drug-likeness (QED) is 0.354. The van der Waals surface area contributed by atoms with Gasteiger partial charge >= 0.3 is 6.16 Å². The molecular weight excluding hydrogens is 124 g/mol. The third-order valence-electron chi connectivity index (χ3n) is 0.830. The molecule has 0 aliphatic rings. The van der Waals surface area contributed by atoms with Gasteiger partial charge in [-0.2, -0.15) is 0 Å². The summed E-state index contributed by atoms with van der Waals surface area (Å²) in [7, 11) is 0. The summed E-state index contributed by atoms with van der Waals surface area (Å²) < 4.78 is 4.06. The van der Waals surface area contributed by atoms with Crippen LogP contribution in [0.15, 0.2) is 0 Å². The van der Waals surface area contributed by atoms with E-state index in [-0.39, 0.29) is 6.42 Å². The molecule has 5 N–H and O–H groups in total. The molecule has 5 nitrogen and oxygen atoms in total. The second-order valence-electron chi connectivity index (χ2n) is 1.68. The van der Waals surface area contributed by atoms with Crippen LogP contribution in [0.5, 0.6) is 0 Å². The van der Waals surface area contributed by atoms with Crippen molar-refractivity contribution in [2.75, 3.05) is 0 Å². The first-order valence-corrected chi connectivity index (χ1v) is 2.47. The average molecular weight is 134 g/mol. The van der Waals surface area contributed by atoms with Crippen LogP contribution in [0.25, 0.3) is 0 Å². The largest absolute Gasteiger partial charge is 0.508 e. The van der Waals surface area contributed by atoms with Gasteiger partial charge in [-0.3, -0.25) is 11.5 Å². The Morgan fingerprint density at radius 2 is 2.22 bits per heavy atom. The molecule has 0 atom stereocenters. The van der Waals surface area contributed by atoms with Crippen LogP contribution in [0.4, 0.5) is 4.79 Å². The maximum atomic E-state index is 9.79. The van der Waals surface area contributed by atoms with Gasteiger partial charge in [0, 0.05) is 6.42 Å². The monoisotopic (exact) mass is 134 g/mol. The molecule has 0 spiro atoms. The summed E-state index contributed by atoms with van der Waals surface area (Å²) >= 11 is 0. The van der Waals surface area contributed by atoms with Gasteiger partial charge in [-0.15, -0.1) is 0 Å². The van der Waals surface area contributed by atoms with Gasteiger partial charge in [-0.05, 0) is 0 Å². The third-order valence-corrected chi connectivity index (χ3v) is 0.830. The molecular formula is C4H10N2O3. The predicted octanol–water partition coefficient (Wildman–Crippen LogP) is -0.338. The molecule has 54 valence electrons. The number of carbonyl (C=O) groups is 1. The number of hydrogen-bond acceptors (Lipinski definition) is 4. The summed E-state index contributed by atoms with van der Waals surface area (Å²) in [5, 5.41) is 8.00. The van der Waals surface area contributed by atoms with Gasteiger partial charge in [0.2, 0.25) is 5.85 Å². The molecule has 0 fully saturated rings. The van der Waals surface area contributed by atoms with Gasteiger partial charge in [0.15, 0.2) is 0 Å². The zero-order valence-electron chi connectivity index (χ0n) is 5.13. The molecule has 0 bridgehead atoms. The van der Waals surface area contributed by atoms with E-state index < -0.39 is 12.0 Å². The van der Waals surface area contributed by atoms with Crippen molar-refractivity contribution in [1.82, 2.24) is 0 Å². The summed E-state index contributed by atoms with van der Waals surface area (Å²) in [5.41, 5.74) is 10.2. The molecule has 0 rings (SSSR count). The second-order valence-corrected chi connectivity index (χ2v) is 1.68. The first kappa shape index (κ1) is 8.19. The molecule has 5 heteroatoms. The first-order chi connectivity index (χ1) is 3.98. The lowest BCUT2D eigenvalue weighted by Crippen LogP contribution is -2.52. The maximum absolute atomic E-state index is 9.79. The maximum Gasteiger partial charge on any atom is 0.508 e. The molecule has 0 aliphatic heterocycles. The lowest BCUT2D eigenvalue weighted by molar-refractivity contribution is -0.0137. The number of nitrogens with two attached hydrogens (primary N) is 2. The molecule has 0 amide bonds. The van der Waals surface area contributed by atoms with Crippen molar-refractivity contribution >= 4 is 6.16 Å². The van der Waals surface area contributed by atoms with Crippen molar-refractivity contribution < 1.29 is 14.6 Å². The smallest absolute Gasteiger partial charge is 0.450 e. The zero-order valence-corrected chi connectivity index (χ0v) is 5.13. The van der Waals surface area contributed by atoms with E-state index in [0.717, 1.165) is 0 Å². The summed E-state index contributed by atoms with van der Waals surface area (Å²) in [5.74, 6) is -1.54. The molecule has 0 unspecified atom stereocenters. The number of ether oxygens (including phenoxy) is 1. The highest BCUT2D eigenvalue weighted by atomic mass is 16.7. The molecule has 0 heterocycles. The third kappa shape index (κ3) is 3.75. The normalized spacial score (nSPS) is 11.0. The van der Waals surface area contributed by atoms with Crippen LogP contribution < -0.4 is 11.5 Å². The van der Waals surface area contributed by atoms with Crippen molar-refractivity contribution in [1.29, 1.82) is 0 Å². The van der Waals surface area contributed by atoms with Crippen molar-refractivity contribution in [2.24, 2.45) is 11.5 Å². The summed E-state index contributed by atoms with van der Waals surface area (Å²) in [6.45, 7) is 1.63. The SMILES string of the molecule is CCC(N)(N)OC(=O)O. The molecule has 9 heavy (non-hydrogen) atoms. The van der Waals surface area contributed by atoms with Gasteiger partial charge in [0.1, 0.15) is 0 Å². The van der Waals surface area contributed by atoms with E-state index in [9.17, 15) is 4.79 Å². The topological polar surface area (TPSA) is 98.6 Å². The lowest BCUT2D eigenvalue weighted by Gasteiger charge is -2.19. The molecule has 0 saturated heterocycles. The van der Waals surface area contributed by atoms with Crippen LogP contribution in [0.3, 0.4) is 0 Å². The van der Waals surface area contributed by atoms with Gasteiger partial charge < -0.3 is 9.84 Å². The van der Waals surface area contributed by atoms with Crippen molar-refractivity contribution in [3.63, 3.8) is 0 Å². The Bertz CT molecular complexity index is 112. The van der Waals surface area contributed by atoms with Crippen LogP contribution in [0.2, 0.25) is 0 Å². The summed E-state index contributed by atoms with van der Waals surface area (Å²) in [4.78, 5) is 9.79. The van der Waals surface area contributed by atoms with Gasteiger partial charge in [0.05, 0.1) is 0 Å². The Kier molecular flexibility index (Phi) is 2.41. The first-order valence-electron chi connectivity index (χ1n) is 2.47. The van der Waals surface area contributed by atoms with E-state index in [0.29, 0.717) is 0 Å². The molecule has 0 aromatic carbocycles. The Hall–Kier alpha value is -0.810. The fraction of sp³-hybridized carbons (Fsp3) is 0.750. The minimum absolute atomic E-state index is 0.249. The van der Waals surface area contributed by atoms with Gasteiger partial charge in [-0.25, -0.2) is 4.79 Å². The highest BCUT2D eigenvalue weighted by Crippen LogP contribution is 1.98. The lowest BCUT2D eigenvalue weighted by atomic mass is 10.3. The Morgan fingerprint density at radius 1 is 1.78 bits per heavy atom. The number of hydrogen-bond donors (Lipinski definition) is 3. The fourth-order valence-corrected chi connectivity index (χ4v) is 0.235. The van der Waals surface area contributed by atoms with E-state index in [2.05, 4.69) is 4.74 Å². The number of carboxylic acid groups (broad SMARTS) is 1. The van der Waals surface area contributed by atoms with Crippen molar-refractivity contribution in [3.8, 4) is 0 Å². The van der Waals surface area contributed by atoms with Crippen molar-refractivity contribution in [3.05, 3.63) is 0 Å². The zero-order chi connectivity index (χ0) is 7.49. The van der Waals surface area contributed by atoms with Crippen LogP contribution in [-0.2, 0) is 4.74 Å². The Morgan fingerprint density at radius 3 is 2.33 bits per heavy atom. The molecule has 0 aliphatic carbocycles. The van der Waals surface area contributed by atoms with E-state index >= 15 is 0 Å². The molecule has 0 aromatic heterocycles. The Labute approximate surface area is 52.6 Å². The van der Waals surface area contributed by atoms with Crippen LogP contribution in [0, 0.1) is 0 Å². The molecule has 0 saturated carbocycles. The van der Waals surface area contributed by atoms with Gasteiger partial charge in [0.25, 0.3) is 0 Å². The van der Waals surface area contributed by atoms with Crippen LogP contribution in [0.1, 0.15) is 13.3 Å². The van der Waals surface area contributed by atoms with E-state index in [1.807, 2.05) is 0 Å². The van der Waals surface area contributed by atoms with Gasteiger partial charge in [-0.1, -0.05) is 6.92 Å². The van der Waals surface area contributed by atoms with Crippen molar-refractivity contribution in [2.45, 2.75) is 19.2 Å². The van der Waals surface area contributed by atoms with Crippen LogP contribution in [-0.4, -0.2) is 17.1 Å². The average Bonchev–Trinajstić information content (AvgIpc) is 1.63. The highest BCUT2D eigenvalue weighted by Gasteiger charge is 2.20. The standard InChI is InChI=1S/C4H10N2O3/c1-2-4(5,6)9-3(7)8/h2,5-6H2,1H3,(H,7,8). The summed E-state index contributed by atoms with van der Waals surface area (Å²) in [6, 6.07) is 0. The van der Waals surface area contributed by atoms with E-state index in [4.69, 9.17) is 16.6 Å².